The van der Waals surface area contributed by atoms with Gasteiger partial charge in [0.25, 0.3) is 0 Å². The number of hydrogen-bond acceptors (Lipinski definition) is 5. The molecule has 1 aliphatic rings. The lowest BCUT2D eigenvalue weighted by Gasteiger charge is -2.22. The van der Waals surface area contributed by atoms with E-state index in [1.54, 1.807) is 6.20 Å². The molecule has 1 aromatic rings. The number of halogens is 1. The van der Waals surface area contributed by atoms with Crippen molar-refractivity contribution in [2.75, 3.05) is 25.1 Å². The van der Waals surface area contributed by atoms with Crippen LogP contribution in [0.15, 0.2) is 10.7 Å². The predicted octanol–water partition coefficient (Wildman–Crippen LogP) is 2.62. The topological polar surface area (TPSA) is 56.3 Å². The van der Waals surface area contributed by atoms with Crippen LogP contribution in [0.5, 0.6) is 5.88 Å². The van der Waals surface area contributed by atoms with Crippen molar-refractivity contribution < 1.29 is 9.47 Å². The van der Waals surface area contributed by atoms with Crippen LogP contribution >= 0.6 is 15.9 Å². The molecule has 0 bridgehead atoms. The lowest BCUT2D eigenvalue weighted by Crippen LogP contribution is -2.26. The summed E-state index contributed by atoms with van der Waals surface area (Å²) < 4.78 is 12.1. The standard InChI is InChI=1S/C12H18BrN3O2/c1-2-14-12-15-7-10(13)11(16-12)18-8-9-5-3-4-6-17-9/h7,9H,2-6,8H2,1H3,(H,14,15,16). The molecule has 6 heteroatoms. The van der Waals surface area contributed by atoms with E-state index in [4.69, 9.17) is 9.47 Å². The van der Waals surface area contributed by atoms with Crippen LogP contribution in [0.3, 0.4) is 0 Å². The Labute approximate surface area is 115 Å². The maximum Gasteiger partial charge on any atom is 0.232 e. The molecule has 2 rings (SSSR count). The molecule has 0 radical (unpaired) electrons. The average molecular weight is 316 g/mol. The molecule has 1 aliphatic heterocycles. The lowest BCUT2D eigenvalue weighted by atomic mass is 10.1. The van der Waals surface area contributed by atoms with Crippen molar-refractivity contribution in [3.05, 3.63) is 10.7 Å². The molecule has 1 aromatic heterocycles. The van der Waals surface area contributed by atoms with Crippen molar-refractivity contribution in [2.45, 2.75) is 32.3 Å². The minimum absolute atomic E-state index is 0.184. The van der Waals surface area contributed by atoms with Gasteiger partial charge in [-0.1, -0.05) is 0 Å². The molecule has 0 spiro atoms. The Morgan fingerprint density at radius 1 is 1.56 bits per heavy atom. The summed E-state index contributed by atoms with van der Waals surface area (Å²) in [6.07, 6.45) is 5.30. The van der Waals surface area contributed by atoms with E-state index in [9.17, 15) is 0 Å². The van der Waals surface area contributed by atoms with Gasteiger partial charge in [0.2, 0.25) is 11.8 Å². The molecule has 0 saturated carbocycles. The fourth-order valence-electron chi connectivity index (χ4n) is 1.81. The largest absolute Gasteiger partial charge is 0.474 e. The Bertz CT molecular complexity index is 384. The van der Waals surface area contributed by atoms with Crippen LogP contribution in [0.4, 0.5) is 5.95 Å². The summed E-state index contributed by atoms with van der Waals surface area (Å²) in [5, 5.41) is 3.06. The highest BCUT2D eigenvalue weighted by atomic mass is 79.9. The molecule has 18 heavy (non-hydrogen) atoms. The number of nitrogens with one attached hydrogen (secondary N) is 1. The molecule has 100 valence electrons. The van der Waals surface area contributed by atoms with Crippen molar-refractivity contribution in [1.29, 1.82) is 0 Å². The molecule has 1 N–H and O–H groups in total. The number of rotatable bonds is 5. The summed E-state index contributed by atoms with van der Waals surface area (Å²) in [6.45, 7) is 4.16. The van der Waals surface area contributed by atoms with Crippen LogP contribution < -0.4 is 10.1 Å². The zero-order valence-corrected chi connectivity index (χ0v) is 12.1. The Kier molecular flexibility index (Phi) is 5.19. The van der Waals surface area contributed by atoms with Gasteiger partial charge in [0.15, 0.2) is 0 Å². The van der Waals surface area contributed by atoms with Gasteiger partial charge in [0.1, 0.15) is 6.61 Å². The Hall–Kier alpha value is -0.880. The van der Waals surface area contributed by atoms with Crippen LogP contribution in [-0.4, -0.2) is 35.8 Å². The van der Waals surface area contributed by atoms with E-state index in [2.05, 4.69) is 31.2 Å². The number of ether oxygens (including phenoxy) is 2. The van der Waals surface area contributed by atoms with Crippen LogP contribution in [-0.2, 0) is 4.74 Å². The highest BCUT2D eigenvalue weighted by molar-refractivity contribution is 9.10. The molecular weight excluding hydrogens is 298 g/mol. The summed E-state index contributed by atoms with van der Waals surface area (Å²) in [5.41, 5.74) is 0. The predicted molar refractivity (Wildman–Crippen MR) is 73.0 cm³/mol. The molecule has 1 atom stereocenters. The first kappa shape index (κ1) is 13.5. The van der Waals surface area contributed by atoms with Gasteiger partial charge >= 0.3 is 0 Å². The minimum Gasteiger partial charge on any atom is -0.474 e. The van der Waals surface area contributed by atoms with E-state index >= 15 is 0 Å². The summed E-state index contributed by atoms with van der Waals surface area (Å²) in [4.78, 5) is 8.44. The van der Waals surface area contributed by atoms with Gasteiger partial charge in [-0.15, -0.1) is 0 Å². The monoisotopic (exact) mass is 315 g/mol. The summed E-state index contributed by atoms with van der Waals surface area (Å²) in [6, 6.07) is 0. The zero-order chi connectivity index (χ0) is 12.8. The Morgan fingerprint density at radius 2 is 2.44 bits per heavy atom. The van der Waals surface area contributed by atoms with Gasteiger partial charge in [0.05, 0.1) is 16.8 Å². The third kappa shape index (κ3) is 3.81. The molecule has 0 amide bonds. The first-order valence-electron chi connectivity index (χ1n) is 6.30. The minimum atomic E-state index is 0.184. The molecule has 1 saturated heterocycles. The van der Waals surface area contributed by atoms with Crippen LogP contribution in [0, 0.1) is 0 Å². The molecular formula is C12H18BrN3O2. The zero-order valence-electron chi connectivity index (χ0n) is 10.5. The lowest BCUT2D eigenvalue weighted by molar-refractivity contribution is -0.0121. The second kappa shape index (κ2) is 6.89. The Balaban J connectivity index is 1.92. The van der Waals surface area contributed by atoms with E-state index in [0.29, 0.717) is 18.4 Å². The van der Waals surface area contributed by atoms with Gasteiger partial charge in [-0.3, -0.25) is 0 Å². The van der Waals surface area contributed by atoms with Crippen molar-refractivity contribution in [2.24, 2.45) is 0 Å². The summed E-state index contributed by atoms with van der Waals surface area (Å²) in [7, 11) is 0. The van der Waals surface area contributed by atoms with Gasteiger partial charge in [0, 0.05) is 13.2 Å². The van der Waals surface area contributed by atoms with Crippen molar-refractivity contribution in [1.82, 2.24) is 9.97 Å². The van der Waals surface area contributed by atoms with E-state index in [1.165, 1.54) is 6.42 Å². The highest BCUT2D eigenvalue weighted by Crippen LogP contribution is 2.23. The van der Waals surface area contributed by atoms with Gasteiger partial charge in [-0.25, -0.2) is 4.98 Å². The van der Waals surface area contributed by atoms with E-state index in [-0.39, 0.29) is 6.10 Å². The summed E-state index contributed by atoms with van der Waals surface area (Å²) in [5.74, 6) is 1.15. The number of hydrogen-bond donors (Lipinski definition) is 1. The average Bonchev–Trinajstić information content (AvgIpc) is 2.41. The smallest absolute Gasteiger partial charge is 0.232 e. The fraction of sp³-hybridized carbons (Fsp3) is 0.667. The molecule has 0 aliphatic carbocycles. The van der Waals surface area contributed by atoms with Gasteiger partial charge in [-0.2, -0.15) is 4.98 Å². The summed E-state index contributed by atoms with van der Waals surface area (Å²) >= 11 is 3.39. The number of nitrogens with zero attached hydrogens (tertiary/aromatic N) is 2. The molecule has 0 aromatic carbocycles. The van der Waals surface area contributed by atoms with Crippen molar-refractivity contribution in [3.63, 3.8) is 0 Å². The van der Waals surface area contributed by atoms with E-state index < -0.39 is 0 Å². The maximum absolute atomic E-state index is 5.70. The third-order valence-corrected chi connectivity index (χ3v) is 3.27. The normalized spacial score (nSPS) is 19.6. The molecule has 1 unspecified atom stereocenters. The third-order valence-electron chi connectivity index (χ3n) is 2.73. The maximum atomic E-state index is 5.70. The van der Waals surface area contributed by atoms with Crippen LogP contribution in [0.25, 0.3) is 0 Å². The van der Waals surface area contributed by atoms with Crippen molar-refractivity contribution in [3.8, 4) is 5.88 Å². The molecule has 1 fully saturated rings. The first-order chi connectivity index (χ1) is 8.79. The Morgan fingerprint density at radius 3 is 3.17 bits per heavy atom. The van der Waals surface area contributed by atoms with Crippen LogP contribution in [0.1, 0.15) is 26.2 Å². The fourth-order valence-corrected chi connectivity index (χ4v) is 2.11. The first-order valence-corrected chi connectivity index (χ1v) is 7.09. The molecule has 5 nitrogen and oxygen atoms in total. The van der Waals surface area contributed by atoms with E-state index in [0.717, 1.165) is 30.5 Å². The quantitative estimate of drug-likeness (QED) is 0.905. The highest BCUT2D eigenvalue weighted by Gasteiger charge is 2.15. The van der Waals surface area contributed by atoms with Gasteiger partial charge < -0.3 is 14.8 Å². The second-order valence-electron chi connectivity index (χ2n) is 4.18. The number of aromatic nitrogens is 2. The van der Waals surface area contributed by atoms with Crippen LogP contribution in [0.2, 0.25) is 0 Å². The van der Waals surface area contributed by atoms with E-state index in [1.807, 2.05) is 6.92 Å². The van der Waals surface area contributed by atoms with Gasteiger partial charge in [-0.05, 0) is 42.1 Å². The SMILES string of the molecule is CCNc1ncc(Br)c(OCC2CCCCO2)n1. The second-order valence-corrected chi connectivity index (χ2v) is 5.03. The number of anilines is 1. The van der Waals surface area contributed by atoms with Crippen molar-refractivity contribution >= 4 is 21.9 Å². The molecule has 2 heterocycles.